The van der Waals surface area contributed by atoms with Gasteiger partial charge in [0.1, 0.15) is 0 Å². The summed E-state index contributed by atoms with van der Waals surface area (Å²) in [6.45, 7) is 3.22. The molecule has 7 nitrogen and oxygen atoms in total. The average Bonchev–Trinajstić information content (AvgIpc) is 3.09. The first kappa shape index (κ1) is 17.6. The number of benzene rings is 1. The number of ether oxygens (including phenoxy) is 1. The van der Waals surface area contributed by atoms with Gasteiger partial charge in [-0.25, -0.2) is 4.79 Å². The molecule has 2 saturated heterocycles. The zero-order valence-electron chi connectivity index (χ0n) is 14.5. The molecule has 0 saturated carbocycles. The monoisotopic (exact) mass is 346 g/mol. The van der Waals surface area contributed by atoms with E-state index in [2.05, 4.69) is 5.32 Å². The van der Waals surface area contributed by atoms with Crippen LogP contribution in [0.3, 0.4) is 0 Å². The minimum Gasteiger partial charge on any atom is -0.468 e. The predicted octanol–water partition coefficient (Wildman–Crippen LogP) is 0.165. The number of esters is 1. The Morgan fingerprint density at radius 2 is 2.00 bits per heavy atom. The largest absolute Gasteiger partial charge is 0.468 e. The molecule has 4 atom stereocenters. The second-order valence-electron chi connectivity index (χ2n) is 6.52. The van der Waals surface area contributed by atoms with E-state index in [9.17, 15) is 19.5 Å². The number of likely N-dealkylation sites (tertiary alicyclic amines) is 1. The Kier molecular flexibility index (Phi) is 4.38. The normalized spacial score (nSPS) is 31.4. The van der Waals surface area contributed by atoms with Crippen molar-refractivity contribution in [3.05, 3.63) is 35.4 Å². The number of carbonyl (C=O) groups excluding carboxylic acids is 3. The second kappa shape index (κ2) is 6.24. The molecule has 0 spiro atoms. The second-order valence-corrected chi connectivity index (χ2v) is 6.52. The van der Waals surface area contributed by atoms with Gasteiger partial charge < -0.3 is 9.84 Å². The predicted molar refractivity (Wildman–Crippen MR) is 88.3 cm³/mol. The third-order valence-corrected chi connectivity index (χ3v) is 5.38. The molecular weight excluding hydrogens is 324 g/mol. The van der Waals surface area contributed by atoms with Gasteiger partial charge in [0.2, 0.25) is 11.8 Å². The lowest BCUT2D eigenvalue weighted by Gasteiger charge is -2.30. The molecule has 2 N–H and O–H groups in total. The molecule has 7 heteroatoms. The lowest BCUT2D eigenvalue weighted by atomic mass is 9.79. The van der Waals surface area contributed by atoms with Gasteiger partial charge >= 0.3 is 5.97 Å². The van der Waals surface area contributed by atoms with Gasteiger partial charge in [-0.1, -0.05) is 24.3 Å². The molecule has 2 fully saturated rings. The van der Waals surface area contributed by atoms with Gasteiger partial charge in [-0.15, -0.1) is 0 Å². The summed E-state index contributed by atoms with van der Waals surface area (Å²) in [5.74, 6) is -3.24. The SMILES string of the molecule is CCN1C(=O)[C@H]2[C@@H](C1=O)[C@](CO)(C(=O)OC)N[C@H]2c1ccccc1C. The maximum atomic E-state index is 12.9. The summed E-state index contributed by atoms with van der Waals surface area (Å²) in [6, 6.07) is 6.94. The first-order chi connectivity index (χ1) is 11.9. The number of rotatable bonds is 4. The molecule has 134 valence electrons. The van der Waals surface area contributed by atoms with E-state index in [1.165, 1.54) is 7.11 Å². The van der Waals surface area contributed by atoms with E-state index in [1.54, 1.807) is 6.92 Å². The topological polar surface area (TPSA) is 95.9 Å². The molecule has 0 radical (unpaired) electrons. The smallest absolute Gasteiger partial charge is 0.329 e. The standard InChI is InChI=1S/C18H22N2O5/c1-4-20-15(22)12-13(16(20)23)18(9-21,17(24)25-3)19-14(12)11-8-6-5-7-10(11)2/h5-8,12-14,19,21H,4,9H2,1-3H3/t12-,13-,14-,18+/m0/s1. The fourth-order valence-corrected chi connectivity index (χ4v) is 4.16. The van der Waals surface area contributed by atoms with Crippen molar-refractivity contribution in [3.63, 3.8) is 0 Å². The number of hydrogen-bond acceptors (Lipinski definition) is 6. The molecule has 3 rings (SSSR count). The summed E-state index contributed by atoms with van der Waals surface area (Å²) in [4.78, 5) is 39.4. The number of aliphatic hydroxyl groups excluding tert-OH is 1. The minimum atomic E-state index is -1.62. The van der Waals surface area contributed by atoms with E-state index in [4.69, 9.17) is 4.74 Å². The van der Waals surface area contributed by atoms with Crippen molar-refractivity contribution in [2.24, 2.45) is 11.8 Å². The maximum absolute atomic E-state index is 12.9. The van der Waals surface area contributed by atoms with Crippen molar-refractivity contribution in [1.82, 2.24) is 10.2 Å². The summed E-state index contributed by atoms with van der Waals surface area (Å²) < 4.78 is 4.86. The highest BCUT2D eigenvalue weighted by molar-refractivity contribution is 6.09. The van der Waals surface area contributed by atoms with Crippen LogP contribution in [-0.2, 0) is 19.1 Å². The molecule has 0 bridgehead atoms. The van der Waals surface area contributed by atoms with Crippen LogP contribution in [0.25, 0.3) is 0 Å². The average molecular weight is 346 g/mol. The minimum absolute atomic E-state index is 0.230. The molecule has 1 aromatic rings. The number of hydrogen-bond donors (Lipinski definition) is 2. The molecule has 1 aromatic carbocycles. The maximum Gasteiger partial charge on any atom is 0.329 e. The Labute approximate surface area is 146 Å². The van der Waals surface area contributed by atoms with Crippen LogP contribution in [0, 0.1) is 18.8 Å². The van der Waals surface area contributed by atoms with Crippen molar-refractivity contribution >= 4 is 17.8 Å². The van der Waals surface area contributed by atoms with Crippen LogP contribution >= 0.6 is 0 Å². The summed E-state index contributed by atoms with van der Waals surface area (Å²) in [5.41, 5.74) is 0.145. The lowest BCUT2D eigenvalue weighted by Crippen LogP contribution is -2.58. The molecule has 25 heavy (non-hydrogen) atoms. The third kappa shape index (κ3) is 2.30. The Morgan fingerprint density at radius 1 is 1.32 bits per heavy atom. The highest BCUT2D eigenvalue weighted by atomic mass is 16.5. The van der Waals surface area contributed by atoms with Gasteiger partial charge in [-0.05, 0) is 25.0 Å². The van der Waals surface area contributed by atoms with Crippen molar-refractivity contribution in [1.29, 1.82) is 0 Å². The number of nitrogens with one attached hydrogen (secondary N) is 1. The molecule has 0 aliphatic carbocycles. The zero-order chi connectivity index (χ0) is 18.4. The fourth-order valence-electron chi connectivity index (χ4n) is 4.16. The van der Waals surface area contributed by atoms with Crippen LogP contribution < -0.4 is 5.32 Å². The Balaban J connectivity index is 2.17. The van der Waals surface area contributed by atoms with E-state index in [0.717, 1.165) is 16.0 Å². The van der Waals surface area contributed by atoms with E-state index >= 15 is 0 Å². The number of imide groups is 1. The summed E-state index contributed by atoms with van der Waals surface area (Å²) >= 11 is 0. The zero-order valence-corrected chi connectivity index (χ0v) is 14.5. The quantitative estimate of drug-likeness (QED) is 0.596. The van der Waals surface area contributed by atoms with Crippen molar-refractivity contribution < 1.29 is 24.2 Å². The highest BCUT2D eigenvalue weighted by Crippen LogP contribution is 2.49. The molecule has 2 heterocycles. The molecule has 0 unspecified atom stereocenters. The van der Waals surface area contributed by atoms with Gasteiger partial charge in [0.05, 0.1) is 25.6 Å². The Morgan fingerprint density at radius 3 is 2.56 bits per heavy atom. The van der Waals surface area contributed by atoms with Crippen LogP contribution in [-0.4, -0.2) is 53.6 Å². The molecular formula is C18H22N2O5. The Hall–Kier alpha value is -2.25. The number of aryl methyl sites for hydroxylation is 1. The van der Waals surface area contributed by atoms with Crippen molar-refractivity contribution in [2.75, 3.05) is 20.3 Å². The van der Waals surface area contributed by atoms with Crippen LogP contribution in [0.4, 0.5) is 0 Å². The van der Waals surface area contributed by atoms with Crippen LogP contribution in [0.15, 0.2) is 24.3 Å². The lowest BCUT2D eigenvalue weighted by molar-refractivity contribution is -0.156. The fraction of sp³-hybridized carbons (Fsp3) is 0.500. The summed E-state index contributed by atoms with van der Waals surface area (Å²) in [7, 11) is 1.20. The van der Waals surface area contributed by atoms with E-state index in [-0.39, 0.29) is 12.5 Å². The van der Waals surface area contributed by atoms with Gasteiger partial charge in [0, 0.05) is 12.6 Å². The van der Waals surface area contributed by atoms with Gasteiger partial charge in [-0.2, -0.15) is 0 Å². The Bertz CT molecular complexity index is 734. The van der Waals surface area contributed by atoms with E-state index in [1.807, 2.05) is 31.2 Å². The number of carbonyl (C=O) groups is 3. The van der Waals surface area contributed by atoms with E-state index in [0.29, 0.717) is 0 Å². The van der Waals surface area contributed by atoms with Crippen LogP contribution in [0.2, 0.25) is 0 Å². The number of nitrogens with zero attached hydrogens (tertiary/aromatic N) is 1. The molecule has 2 amide bonds. The van der Waals surface area contributed by atoms with Gasteiger partial charge in [0.15, 0.2) is 5.54 Å². The summed E-state index contributed by atoms with van der Waals surface area (Å²) in [6.07, 6.45) is 0. The summed E-state index contributed by atoms with van der Waals surface area (Å²) in [5, 5.41) is 13.1. The van der Waals surface area contributed by atoms with E-state index < -0.39 is 41.9 Å². The highest BCUT2D eigenvalue weighted by Gasteiger charge is 2.68. The van der Waals surface area contributed by atoms with Crippen molar-refractivity contribution in [3.8, 4) is 0 Å². The number of amides is 2. The number of aliphatic hydroxyl groups is 1. The first-order valence-corrected chi connectivity index (χ1v) is 8.30. The first-order valence-electron chi connectivity index (χ1n) is 8.30. The third-order valence-electron chi connectivity index (χ3n) is 5.38. The molecule has 0 aromatic heterocycles. The van der Waals surface area contributed by atoms with Gasteiger partial charge in [0.25, 0.3) is 0 Å². The number of methoxy groups -OCH3 is 1. The number of fused-ring (bicyclic) bond motifs is 1. The van der Waals surface area contributed by atoms with Crippen LogP contribution in [0.5, 0.6) is 0 Å². The van der Waals surface area contributed by atoms with Crippen LogP contribution in [0.1, 0.15) is 24.1 Å². The van der Waals surface area contributed by atoms with Gasteiger partial charge in [-0.3, -0.25) is 19.8 Å². The van der Waals surface area contributed by atoms with Crippen molar-refractivity contribution in [2.45, 2.75) is 25.4 Å². The molecule has 2 aliphatic heterocycles. The molecule has 2 aliphatic rings.